The quantitative estimate of drug-likeness (QED) is 0.839. The van der Waals surface area contributed by atoms with Crippen LogP contribution in [0, 0.1) is 0 Å². The van der Waals surface area contributed by atoms with Crippen LogP contribution < -0.4 is 15.8 Å². The van der Waals surface area contributed by atoms with E-state index in [9.17, 15) is 4.79 Å². The number of rotatable bonds is 1. The van der Waals surface area contributed by atoms with Gasteiger partial charge in [0.05, 0.1) is 0 Å². The van der Waals surface area contributed by atoms with E-state index in [2.05, 4.69) is 5.32 Å². The number of nitrogens with two attached hydrogens (primary N) is 1. The van der Waals surface area contributed by atoms with E-state index in [1.165, 1.54) is 0 Å². The van der Waals surface area contributed by atoms with Gasteiger partial charge in [0.15, 0.2) is 0 Å². The molecule has 1 saturated heterocycles. The van der Waals surface area contributed by atoms with E-state index in [-0.39, 0.29) is 6.09 Å². The molecule has 6 nitrogen and oxygen atoms in total. The molecule has 2 aromatic rings. The lowest BCUT2D eigenvalue weighted by Gasteiger charge is -2.42. The van der Waals surface area contributed by atoms with Crippen LogP contribution >= 0.6 is 0 Å². The molecule has 0 bridgehead atoms. The lowest BCUT2D eigenvalue weighted by molar-refractivity contribution is 0.129. The molecule has 2 heterocycles. The number of fused-ring (bicyclic) bond motifs is 1. The highest BCUT2D eigenvalue weighted by Crippen LogP contribution is 2.34. The van der Waals surface area contributed by atoms with Crippen molar-refractivity contribution in [2.75, 3.05) is 18.4 Å². The van der Waals surface area contributed by atoms with Gasteiger partial charge in [-0.25, -0.2) is 9.79 Å². The van der Waals surface area contributed by atoms with E-state index in [4.69, 9.17) is 15.5 Å². The minimum absolute atomic E-state index is 0.325. The predicted octanol–water partition coefficient (Wildman–Crippen LogP) is 2.81. The van der Waals surface area contributed by atoms with E-state index in [1.807, 2.05) is 42.5 Å². The molecule has 25 heavy (non-hydrogen) atoms. The van der Waals surface area contributed by atoms with Crippen LogP contribution in [-0.2, 0) is 0 Å². The van der Waals surface area contributed by atoms with Crippen LogP contribution in [0.3, 0.4) is 0 Å². The van der Waals surface area contributed by atoms with Gasteiger partial charge in [0, 0.05) is 37.2 Å². The molecule has 2 aromatic carbocycles. The topological polar surface area (TPSA) is 80.0 Å². The number of anilines is 1. The Hall–Kier alpha value is -3.02. The second kappa shape index (κ2) is 6.12. The number of carbonyl (C=O) groups is 1. The highest BCUT2D eigenvalue weighted by atomic mass is 16.6. The molecule has 2 aliphatic heterocycles. The summed E-state index contributed by atoms with van der Waals surface area (Å²) in [6, 6.07) is 17.0. The molecule has 6 heteroatoms. The average molecular weight is 336 g/mol. The number of hydrogen-bond acceptors (Lipinski definition) is 5. The highest BCUT2D eigenvalue weighted by Gasteiger charge is 2.39. The summed E-state index contributed by atoms with van der Waals surface area (Å²) >= 11 is 0. The number of nitrogens with one attached hydrogen (secondary N) is 1. The van der Waals surface area contributed by atoms with Crippen molar-refractivity contribution < 1.29 is 9.53 Å². The zero-order chi connectivity index (χ0) is 17.3. The Balaban J connectivity index is 1.44. The molecule has 1 fully saturated rings. The van der Waals surface area contributed by atoms with Crippen LogP contribution in [0.4, 0.5) is 10.5 Å². The summed E-state index contributed by atoms with van der Waals surface area (Å²) in [7, 11) is 0. The van der Waals surface area contributed by atoms with Gasteiger partial charge in [0.2, 0.25) is 0 Å². The molecule has 0 radical (unpaired) electrons. The van der Waals surface area contributed by atoms with Gasteiger partial charge in [0.1, 0.15) is 17.2 Å². The van der Waals surface area contributed by atoms with Crippen molar-refractivity contribution in [1.82, 2.24) is 4.90 Å². The molecule has 0 aromatic heterocycles. The van der Waals surface area contributed by atoms with Gasteiger partial charge in [-0.15, -0.1) is 0 Å². The number of amides is 1. The Bertz CT molecular complexity index is 811. The molecule has 128 valence electrons. The van der Waals surface area contributed by atoms with Gasteiger partial charge in [-0.1, -0.05) is 30.3 Å². The number of ether oxygens (including phenoxy) is 1. The number of para-hydroxylation sites is 2. The molecular formula is C19H20N4O2. The molecule has 0 aliphatic carbocycles. The maximum atomic E-state index is 12.3. The second-order valence-corrected chi connectivity index (χ2v) is 6.37. The molecular weight excluding hydrogens is 316 g/mol. The first-order valence-electron chi connectivity index (χ1n) is 8.40. The van der Waals surface area contributed by atoms with E-state index in [0.717, 1.165) is 11.3 Å². The lowest BCUT2D eigenvalue weighted by atomic mass is 9.94. The van der Waals surface area contributed by atoms with Crippen molar-refractivity contribution in [3.8, 4) is 5.75 Å². The van der Waals surface area contributed by atoms with Crippen molar-refractivity contribution in [2.45, 2.75) is 18.5 Å². The van der Waals surface area contributed by atoms with Crippen molar-refractivity contribution in [3.05, 3.63) is 60.2 Å². The fraction of sp³-hybridized carbons (Fsp3) is 0.263. The van der Waals surface area contributed by atoms with E-state index < -0.39 is 5.66 Å². The summed E-state index contributed by atoms with van der Waals surface area (Å²) in [4.78, 5) is 18.7. The van der Waals surface area contributed by atoms with Gasteiger partial charge >= 0.3 is 6.09 Å². The van der Waals surface area contributed by atoms with Gasteiger partial charge in [-0.3, -0.25) is 0 Å². The molecule has 1 spiro atoms. The first kappa shape index (κ1) is 15.5. The van der Waals surface area contributed by atoms with Crippen LogP contribution in [0.2, 0.25) is 0 Å². The Labute approximate surface area is 146 Å². The molecule has 2 aliphatic rings. The van der Waals surface area contributed by atoms with Crippen LogP contribution in [-0.4, -0.2) is 35.6 Å². The Morgan fingerprint density at radius 3 is 2.52 bits per heavy atom. The van der Waals surface area contributed by atoms with Crippen molar-refractivity contribution in [3.63, 3.8) is 0 Å². The van der Waals surface area contributed by atoms with Crippen molar-refractivity contribution in [1.29, 1.82) is 0 Å². The third-order valence-electron chi connectivity index (χ3n) is 4.70. The van der Waals surface area contributed by atoms with Crippen LogP contribution in [0.5, 0.6) is 5.75 Å². The number of carbonyl (C=O) groups excluding carboxylic acids is 1. The minimum Gasteiger partial charge on any atom is -0.410 e. The largest absolute Gasteiger partial charge is 0.415 e. The maximum Gasteiger partial charge on any atom is 0.415 e. The zero-order valence-electron chi connectivity index (χ0n) is 13.8. The first-order valence-corrected chi connectivity index (χ1v) is 8.40. The van der Waals surface area contributed by atoms with Gasteiger partial charge in [-0.05, 0) is 24.3 Å². The number of aliphatic imine (C=N–C) groups is 1. The number of piperidine rings is 1. The van der Waals surface area contributed by atoms with E-state index in [0.29, 0.717) is 37.5 Å². The molecule has 4 rings (SSSR count). The Morgan fingerprint density at radius 2 is 1.76 bits per heavy atom. The summed E-state index contributed by atoms with van der Waals surface area (Å²) in [6.45, 7) is 1.13. The monoisotopic (exact) mass is 336 g/mol. The summed E-state index contributed by atoms with van der Waals surface area (Å²) in [6.07, 6.45) is 1.05. The third-order valence-corrected chi connectivity index (χ3v) is 4.70. The van der Waals surface area contributed by atoms with Crippen LogP contribution in [0.1, 0.15) is 18.4 Å². The molecule has 3 N–H and O–H groups in total. The van der Waals surface area contributed by atoms with Gasteiger partial charge < -0.3 is 20.7 Å². The smallest absolute Gasteiger partial charge is 0.410 e. The summed E-state index contributed by atoms with van der Waals surface area (Å²) in [5.41, 5.74) is 7.64. The maximum absolute atomic E-state index is 12.3. The fourth-order valence-electron chi connectivity index (χ4n) is 3.33. The molecule has 0 atom stereocenters. The number of nitrogens with zero attached hydrogens (tertiary/aromatic N) is 2. The van der Waals surface area contributed by atoms with Crippen LogP contribution in [0.25, 0.3) is 0 Å². The number of likely N-dealkylation sites (tertiary alicyclic amines) is 1. The molecule has 0 saturated carbocycles. The summed E-state index contributed by atoms with van der Waals surface area (Å²) < 4.78 is 5.41. The SMILES string of the molecule is NC1=NC2(CCN(C(=O)Oc3ccccc3)CC2)Nc2ccccc21. The Morgan fingerprint density at radius 1 is 1.08 bits per heavy atom. The van der Waals surface area contributed by atoms with Crippen molar-refractivity contribution >= 4 is 17.6 Å². The molecule has 0 unspecified atom stereocenters. The first-order chi connectivity index (χ1) is 12.2. The second-order valence-electron chi connectivity index (χ2n) is 6.37. The van der Waals surface area contributed by atoms with Crippen LogP contribution in [0.15, 0.2) is 59.6 Å². The van der Waals surface area contributed by atoms with Gasteiger partial charge in [-0.2, -0.15) is 0 Å². The normalized spacial score (nSPS) is 18.1. The fourth-order valence-corrected chi connectivity index (χ4v) is 3.33. The zero-order valence-corrected chi connectivity index (χ0v) is 13.8. The molecule has 1 amide bonds. The third kappa shape index (κ3) is 3.03. The van der Waals surface area contributed by atoms with E-state index >= 15 is 0 Å². The average Bonchev–Trinajstić information content (AvgIpc) is 2.63. The van der Waals surface area contributed by atoms with Crippen molar-refractivity contribution in [2.24, 2.45) is 10.7 Å². The number of amidine groups is 1. The highest BCUT2D eigenvalue weighted by molar-refractivity contribution is 6.04. The summed E-state index contributed by atoms with van der Waals surface area (Å²) in [5, 5.41) is 3.51. The Kier molecular flexibility index (Phi) is 3.80. The minimum atomic E-state index is -0.442. The van der Waals surface area contributed by atoms with E-state index in [1.54, 1.807) is 17.0 Å². The lowest BCUT2D eigenvalue weighted by Crippen LogP contribution is -2.52. The standard InChI is InChI=1S/C19H20N4O2/c20-17-15-8-4-5-9-16(15)21-19(22-17)10-12-23(13-11-19)18(24)25-14-6-2-1-3-7-14/h1-9,21H,10-13H2,(H2,20,22). The predicted molar refractivity (Wildman–Crippen MR) is 96.8 cm³/mol. The number of hydrogen-bond donors (Lipinski definition) is 2. The van der Waals surface area contributed by atoms with Gasteiger partial charge in [0.25, 0.3) is 0 Å². The number of benzene rings is 2. The summed E-state index contributed by atoms with van der Waals surface area (Å²) in [5.74, 6) is 1.11.